The second-order valence-corrected chi connectivity index (χ2v) is 4.26. The van der Waals surface area contributed by atoms with E-state index in [9.17, 15) is 14.4 Å². The van der Waals surface area contributed by atoms with Gasteiger partial charge in [-0.05, 0) is 20.8 Å². The average Bonchev–Trinajstić information content (AvgIpc) is 2.08. The number of esters is 1. The van der Waals surface area contributed by atoms with Crippen LogP contribution in [0.15, 0.2) is 0 Å². The van der Waals surface area contributed by atoms with Crippen LogP contribution in [0.4, 0.5) is 0 Å². The van der Waals surface area contributed by atoms with Crippen LogP contribution in [0, 0.1) is 0 Å². The Hall–Kier alpha value is -1.59. The van der Waals surface area contributed by atoms with E-state index in [2.05, 4.69) is 5.32 Å². The van der Waals surface area contributed by atoms with Crippen LogP contribution in [-0.2, 0) is 19.1 Å². The molecule has 0 saturated carbocycles. The molecule has 0 unspecified atom stereocenters. The number of hydrogen-bond acceptors (Lipinski definition) is 4. The number of carboxylic acids is 1. The van der Waals surface area contributed by atoms with Crippen molar-refractivity contribution in [1.82, 2.24) is 5.32 Å². The van der Waals surface area contributed by atoms with Crippen LogP contribution in [0.1, 0.15) is 33.6 Å². The standard InChI is InChI=1S/C10H17NO5/c1-10(2,3)16-9(15)5-4-7(12)11-6-8(13)14/h4-6H2,1-3H3,(H,11,12)(H,13,14). The summed E-state index contributed by atoms with van der Waals surface area (Å²) < 4.78 is 4.98. The third-order valence-corrected chi connectivity index (χ3v) is 1.41. The zero-order valence-electron chi connectivity index (χ0n) is 9.70. The summed E-state index contributed by atoms with van der Waals surface area (Å²) in [6.45, 7) is 4.76. The van der Waals surface area contributed by atoms with Crippen LogP contribution in [0.3, 0.4) is 0 Å². The van der Waals surface area contributed by atoms with Gasteiger partial charge in [0.15, 0.2) is 0 Å². The number of carboxylic acid groups (broad SMARTS) is 1. The maximum Gasteiger partial charge on any atom is 0.322 e. The monoisotopic (exact) mass is 231 g/mol. The van der Waals surface area contributed by atoms with E-state index < -0.39 is 30.0 Å². The van der Waals surface area contributed by atoms with E-state index in [0.717, 1.165) is 0 Å². The van der Waals surface area contributed by atoms with Crippen molar-refractivity contribution in [1.29, 1.82) is 0 Å². The van der Waals surface area contributed by atoms with E-state index in [4.69, 9.17) is 9.84 Å². The van der Waals surface area contributed by atoms with Crippen molar-refractivity contribution in [2.24, 2.45) is 0 Å². The van der Waals surface area contributed by atoms with Crippen LogP contribution in [0.25, 0.3) is 0 Å². The van der Waals surface area contributed by atoms with Crippen molar-refractivity contribution in [3.05, 3.63) is 0 Å². The minimum Gasteiger partial charge on any atom is -0.480 e. The maximum absolute atomic E-state index is 11.2. The third-order valence-electron chi connectivity index (χ3n) is 1.41. The summed E-state index contributed by atoms with van der Waals surface area (Å²) >= 11 is 0. The van der Waals surface area contributed by atoms with Gasteiger partial charge in [0, 0.05) is 6.42 Å². The van der Waals surface area contributed by atoms with E-state index in [1.807, 2.05) is 0 Å². The van der Waals surface area contributed by atoms with Crippen molar-refractivity contribution >= 4 is 17.8 Å². The number of rotatable bonds is 5. The lowest BCUT2D eigenvalue weighted by atomic mass is 10.2. The molecular weight excluding hydrogens is 214 g/mol. The Morgan fingerprint density at radius 1 is 1.19 bits per heavy atom. The van der Waals surface area contributed by atoms with Crippen LogP contribution in [0.5, 0.6) is 0 Å². The van der Waals surface area contributed by atoms with Crippen molar-refractivity contribution < 1.29 is 24.2 Å². The molecule has 92 valence electrons. The third kappa shape index (κ3) is 8.98. The zero-order chi connectivity index (χ0) is 12.8. The second-order valence-electron chi connectivity index (χ2n) is 4.26. The number of nitrogens with one attached hydrogen (secondary N) is 1. The molecule has 0 aliphatic rings. The summed E-state index contributed by atoms with van der Waals surface area (Å²) in [5.41, 5.74) is -0.575. The van der Waals surface area contributed by atoms with E-state index in [1.54, 1.807) is 20.8 Å². The molecule has 2 N–H and O–H groups in total. The molecule has 0 aromatic heterocycles. The Morgan fingerprint density at radius 3 is 2.19 bits per heavy atom. The Morgan fingerprint density at radius 2 is 1.75 bits per heavy atom. The summed E-state index contributed by atoms with van der Waals surface area (Å²) in [6, 6.07) is 0. The molecule has 0 aromatic rings. The van der Waals surface area contributed by atoms with Gasteiger partial charge >= 0.3 is 11.9 Å². The van der Waals surface area contributed by atoms with Gasteiger partial charge in [-0.25, -0.2) is 0 Å². The molecule has 0 aliphatic heterocycles. The Labute approximate surface area is 94.0 Å². The highest BCUT2D eigenvalue weighted by atomic mass is 16.6. The SMILES string of the molecule is CC(C)(C)OC(=O)CCC(=O)NCC(=O)O. The van der Waals surface area contributed by atoms with Crippen LogP contribution < -0.4 is 5.32 Å². The molecule has 0 rings (SSSR count). The normalized spacial score (nSPS) is 10.7. The number of carbonyl (C=O) groups excluding carboxylic acids is 2. The van der Waals surface area contributed by atoms with Crippen molar-refractivity contribution in [3.63, 3.8) is 0 Å². The number of aliphatic carboxylic acids is 1. The smallest absolute Gasteiger partial charge is 0.322 e. The van der Waals surface area contributed by atoms with Gasteiger partial charge in [0.1, 0.15) is 12.1 Å². The first-order chi connectivity index (χ1) is 7.20. The highest BCUT2D eigenvalue weighted by Crippen LogP contribution is 2.08. The predicted octanol–water partition coefficient (Wildman–Crippen LogP) is 0.309. The molecule has 6 nitrogen and oxygen atoms in total. The van der Waals surface area contributed by atoms with E-state index in [1.165, 1.54) is 0 Å². The lowest BCUT2D eigenvalue weighted by molar-refractivity contribution is -0.155. The summed E-state index contributed by atoms with van der Waals surface area (Å²) in [4.78, 5) is 32.3. The topological polar surface area (TPSA) is 92.7 Å². The van der Waals surface area contributed by atoms with Crippen molar-refractivity contribution in [3.8, 4) is 0 Å². The summed E-state index contributed by atoms with van der Waals surface area (Å²) in [7, 11) is 0. The lowest BCUT2D eigenvalue weighted by Crippen LogP contribution is -2.30. The molecule has 0 spiro atoms. The Kier molecular flexibility index (Phi) is 5.49. The molecule has 0 radical (unpaired) electrons. The molecule has 0 aromatic carbocycles. The molecule has 0 aliphatic carbocycles. The molecule has 0 saturated heterocycles. The molecule has 6 heteroatoms. The number of amides is 1. The summed E-state index contributed by atoms with van der Waals surface area (Å²) in [6.07, 6.45) is -0.120. The largest absolute Gasteiger partial charge is 0.480 e. The van der Waals surface area contributed by atoms with E-state index in [-0.39, 0.29) is 12.8 Å². The van der Waals surface area contributed by atoms with Crippen LogP contribution in [-0.4, -0.2) is 35.1 Å². The van der Waals surface area contributed by atoms with Crippen LogP contribution in [0.2, 0.25) is 0 Å². The maximum atomic E-state index is 11.2. The van der Waals surface area contributed by atoms with E-state index in [0.29, 0.717) is 0 Å². The van der Waals surface area contributed by atoms with Gasteiger partial charge < -0.3 is 15.2 Å². The molecule has 16 heavy (non-hydrogen) atoms. The van der Waals surface area contributed by atoms with E-state index >= 15 is 0 Å². The van der Waals surface area contributed by atoms with Gasteiger partial charge in [0.05, 0.1) is 6.42 Å². The van der Waals surface area contributed by atoms with Gasteiger partial charge in [0.2, 0.25) is 5.91 Å². The van der Waals surface area contributed by atoms with Crippen molar-refractivity contribution in [2.45, 2.75) is 39.2 Å². The quantitative estimate of drug-likeness (QED) is 0.664. The second kappa shape index (κ2) is 6.09. The number of carbonyl (C=O) groups is 3. The molecular formula is C10H17NO5. The average molecular weight is 231 g/mol. The van der Waals surface area contributed by atoms with Gasteiger partial charge in [-0.15, -0.1) is 0 Å². The fraction of sp³-hybridized carbons (Fsp3) is 0.700. The number of ether oxygens (including phenoxy) is 1. The first-order valence-corrected chi connectivity index (χ1v) is 4.91. The molecule has 0 atom stereocenters. The Bertz CT molecular complexity index is 279. The fourth-order valence-electron chi connectivity index (χ4n) is 0.871. The highest BCUT2D eigenvalue weighted by molar-refractivity contribution is 5.84. The molecule has 0 heterocycles. The van der Waals surface area contributed by atoms with Gasteiger partial charge in [0.25, 0.3) is 0 Å². The fourth-order valence-corrected chi connectivity index (χ4v) is 0.871. The predicted molar refractivity (Wildman–Crippen MR) is 55.7 cm³/mol. The van der Waals surface area contributed by atoms with Gasteiger partial charge in [-0.1, -0.05) is 0 Å². The molecule has 1 amide bonds. The molecule has 0 fully saturated rings. The summed E-state index contributed by atoms with van der Waals surface area (Å²) in [5, 5.41) is 10.4. The minimum absolute atomic E-state index is 0.0529. The first kappa shape index (κ1) is 14.4. The summed E-state index contributed by atoms with van der Waals surface area (Å²) in [5.74, 6) is -2.07. The first-order valence-electron chi connectivity index (χ1n) is 4.91. The van der Waals surface area contributed by atoms with Gasteiger partial charge in [-0.3, -0.25) is 14.4 Å². The number of hydrogen-bond donors (Lipinski definition) is 2. The molecule has 0 bridgehead atoms. The lowest BCUT2D eigenvalue weighted by Gasteiger charge is -2.19. The van der Waals surface area contributed by atoms with Gasteiger partial charge in [-0.2, -0.15) is 0 Å². The highest BCUT2D eigenvalue weighted by Gasteiger charge is 2.17. The zero-order valence-corrected chi connectivity index (χ0v) is 9.70. The van der Waals surface area contributed by atoms with Crippen molar-refractivity contribution in [2.75, 3.05) is 6.54 Å². The van der Waals surface area contributed by atoms with Crippen LogP contribution >= 0.6 is 0 Å². The Balaban J connectivity index is 3.76. The minimum atomic E-state index is -1.12.